The molecule has 2 aromatic heterocycles. The van der Waals surface area contributed by atoms with Crippen molar-refractivity contribution in [2.45, 2.75) is 19.9 Å². The highest BCUT2D eigenvalue weighted by Crippen LogP contribution is 2.38. The summed E-state index contributed by atoms with van der Waals surface area (Å²) in [6.07, 6.45) is 1.68. The smallest absolute Gasteiger partial charge is 0.338 e. The Balaban J connectivity index is 1.73. The molecule has 5 rings (SSSR count). The van der Waals surface area contributed by atoms with Crippen molar-refractivity contribution in [3.63, 3.8) is 0 Å². The predicted octanol–water partition coefficient (Wildman–Crippen LogP) is 3.49. The van der Waals surface area contributed by atoms with Crippen molar-refractivity contribution in [3.05, 3.63) is 74.8 Å². The van der Waals surface area contributed by atoms with Gasteiger partial charge in [-0.1, -0.05) is 17.4 Å². The van der Waals surface area contributed by atoms with Gasteiger partial charge in [-0.3, -0.25) is 9.36 Å². The van der Waals surface area contributed by atoms with Gasteiger partial charge in [-0.25, -0.2) is 9.79 Å². The molecule has 0 N–H and O–H groups in total. The normalized spacial score (nSPS) is 17.2. The summed E-state index contributed by atoms with van der Waals surface area (Å²) in [4.78, 5) is 31.6. The minimum absolute atomic E-state index is 0.124. The molecule has 0 radical (unpaired) electrons. The Morgan fingerprint density at radius 2 is 2.15 bits per heavy atom. The first-order valence-corrected chi connectivity index (χ1v) is 12.6. The topological polar surface area (TPSA) is 92.3 Å². The second kappa shape index (κ2) is 8.76. The summed E-state index contributed by atoms with van der Waals surface area (Å²) < 4.78 is 25.4. The molecule has 0 saturated carbocycles. The zero-order valence-corrected chi connectivity index (χ0v) is 21.9. The lowest BCUT2D eigenvalue weighted by Gasteiger charge is -2.24. The SMILES string of the molecule is CCOC(=O)C1=C(C)N=c2s/c(=C/c3cc(Br)c(I)o3)c(=O)n2[C@H]1c1ccc2c(c1)OCO2. The van der Waals surface area contributed by atoms with Crippen LogP contribution in [0.3, 0.4) is 0 Å². The molecule has 0 spiro atoms. The van der Waals surface area contributed by atoms with Crippen LogP contribution in [0.25, 0.3) is 6.08 Å². The summed E-state index contributed by atoms with van der Waals surface area (Å²) in [7, 11) is 0. The molecule has 2 aliphatic heterocycles. The Bertz CT molecular complexity index is 1480. The monoisotopic (exact) mass is 642 g/mol. The van der Waals surface area contributed by atoms with Crippen LogP contribution in [0.15, 0.2) is 54.2 Å². The van der Waals surface area contributed by atoms with E-state index in [0.29, 0.717) is 47.2 Å². The van der Waals surface area contributed by atoms with E-state index in [1.54, 1.807) is 38.1 Å². The van der Waals surface area contributed by atoms with Gasteiger partial charge in [0.2, 0.25) is 6.79 Å². The Hall–Kier alpha value is -2.38. The molecule has 33 heavy (non-hydrogen) atoms. The van der Waals surface area contributed by atoms with Crippen molar-refractivity contribution in [1.82, 2.24) is 4.57 Å². The zero-order valence-electron chi connectivity index (χ0n) is 17.4. The maximum Gasteiger partial charge on any atom is 0.338 e. The standard InChI is InChI=1S/C22H16BrIN2O6S/c1-3-29-21(28)17-10(2)25-22-26(18(17)11-4-5-14-15(6-11)31-9-30-14)20(27)16(33-22)8-12-7-13(23)19(24)32-12/h4-8,18H,3,9H2,1-2H3/b16-8+/t18-/m0/s1. The Morgan fingerprint density at radius 1 is 1.36 bits per heavy atom. The van der Waals surface area contributed by atoms with Crippen LogP contribution >= 0.6 is 49.9 Å². The number of nitrogens with zero attached hydrogens (tertiary/aromatic N) is 2. The molecular formula is C22H16BrIN2O6S. The quantitative estimate of drug-likeness (QED) is 0.320. The molecular weight excluding hydrogens is 627 g/mol. The van der Waals surface area contributed by atoms with Gasteiger partial charge in [0, 0.05) is 28.7 Å². The lowest BCUT2D eigenvalue weighted by atomic mass is 9.95. The summed E-state index contributed by atoms with van der Waals surface area (Å²) in [6.45, 7) is 3.81. The fraction of sp³-hybridized carbons (Fsp3) is 0.227. The number of rotatable bonds is 4. The van der Waals surface area contributed by atoms with E-state index >= 15 is 0 Å². The number of esters is 1. The number of hydrogen-bond acceptors (Lipinski definition) is 8. The molecule has 11 heteroatoms. The molecule has 0 amide bonds. The molecule has 0 fully saturated rings. The molecule has 0 unspecified atom stereocenters. The number of allylic oxidation sites excluding steroid dienone is 1. The number of thiazole rings is 1. The molecule has 8 nitrogen and oxygen atoms in total. The van der Waals surface area contributed by atoms with Crippen molar-refractivity contribution in [2.75, 3.05) is 13.4 Å². The molecule has 4 heterocycles. The van der Waals surface area contributed by atoms with E-state index in [1.165, 1.54) is 15.9 Å². The van der Waals surface area contributed by atoms with Crippen molar-refractivity contribution in [3.8, 4) is 11.5 Å². The van der Waals surface area contributed by atoms with Crippen molar-refractivity contribution in [1.29, 1.82) is 0 Å². The maximum absolute atomic E-state index is 13.6. The summed E-state index contributed by atoms with van der Waals surface area (Å²) in [5.74, 6) is 1.20. The number of aromatic nitrogens is 1. The zero-order chi connectivity index (χ0) is 23.3. The number of fused-ring (bicyclic) bond motifs is 2. The number of halogens is 2. The van der Waals surface area contributed by atoms with Crippen LogP contribution in [0.1, 0.15) is 31.2 Å². The van der Waals surface area contributed by atoms with Crippen LogP contribution in [0, 0.1) is 3.77 Å². The first kappa shape index (κ1) is 22.4. The molecule has 0 saturated heterocycles. The van der Waals surface area contributed by atoms with Gasteiger partial charge in [0.15, 0.2) is 20.1 Å². The average Bonchev–Trinajstić information content (AvgIpc) is 3.45. The van der Waals surface area contributed by atoms with Crippen LogP contribution in [0.2, 0.25) is 0 Å². The first-order chi connectivity index (χ1) is 15.9. The van der Waals surface area contributed by atoms with Crippen LogP contribution in [0.5, 0.6) is 11.5 Å². The lowest BCUT2D eigenvalue weighted by Crippen LogP contribution is -2.39. The van der Waals surface area contributed by atoms with Gasteiger partial charge < -0.3 is 18.6 Å². The highest BCUT2D eigenvalue weighted by molar-refractivity contribution is 14.1. The minimum atomic E-state index is -0.722. The van der Waals surface area contributed by atoms with E-state index in [2.05, 4.69) is 43.5 Å². The number of hydrogen-bond donors (Lipinski definition) is 0. The van der Waals surface area contributed by atoms with Crippen molar-refractivity contribution >= 4 is 61.9 Å². The largest absolute Gasteiger partial charge is 0.463 e. The van der Waals surface area contributed by atoms with Crippen LogP contribution in [-0.4, -0.2) is 23.9 Å². The van der Waals surface area contributed by atoms with E-state index < -0.39 is 12.0 Å². The van der Waals surface area contributed by atoms with E-state index in [-0.39, 0.29) is 19.0 Å². The summed E-state index contributed by atoms with van der Waals surface area (Å²) in [5, 5.41) is 0. The number of carbonyl (C=O) groups excluding carboxylic acids is 1. The van der Waals surface area contributed by atoms with Gasteiger partial charge in [-0.05, 0) is 53.5 Å². The van der Waals surface area contributed by atoms with E-state index in [4.69, 9.17) is 18.6 Å². The average molecular weight is 643 g/mol. The highest BCUT2D eigenvalue weighted by Gasteiger charge is 2.34. The molecule has 170 valence electrons. The Kier molecular flexibility index (Phi) is 5.95. The first-order valence-electron chi connectivity index (χ1n) is 9.91. The van der Waals surface area contributed by atoms with Gasteiger partial charge in [-0.15, -0.1) is 0 Å². The lowest BCUT2D eigenvalue weighted by molar-refractivity contribution is -0.139. The van der Waals surface area contributed by atoms with E-state index in [9.17, 15) is 9.59 Å². The van der Waals surface area contributed by atoms with Gasteiger partial charge in [0.05, 0.1) is 32.9 Å². The van der Waals surface area contributed by atoms with Gasteiger partial charge in [0.1, 0.15) is 5.76 Å². The van der Waals surface area contributed by atoms with Crippen LogP contribution in [0.4, 0.5) is 0 Å². The molecule has 0 aliphatic carbocycles. The summed E-state index contributed by atoms with van der Waals surface area (Å²) in [6, 6.07) is 6.45. The fourth-order valence-electron chi connectivity index (χ4n) is 3.75. The third-order valence-corrected chi connectivity index (χ3v) is 8.28. The third kappa shape index (κ3) is 3.95. The van der Waals surface area contributed by atoms with E-state index in [0.717, 1.165) is 4.47 Å². The minimum Gasteiger partial charge on any atom is -0.463 e. The Morgan fingerprint density at radius 3 is 2.88 bits per heavy atom. The highest BCUT2D eigenvalue weighted by atomic mass is 127. The molecule has 3 aromatic rings. The van der Waals surface area contributed by atoms with Crippen molar-refractivity contribution < 1.29 is 23.4 Å². The number of carbonyl (C=O) groups is 1. The fourth-order valence-corrected chi connectivity index (χ4v) is 5.50. The van der Waals surface area contributed by atoms with Gasteiger partial charge in [-0.2, -0.15) is 0 Å². The molecule has 1 aromatic carbocycles. The van der Waals surface area contributed by atoms with Gasteiger partial charge >= 0.3 is 5.97 Å². The van der Waals surface area contributed by atoms with Crippen LogP contribution < -0.4 is 24.4 Å². The number of furan rings is 1. The second-order valence-corrected chi connectivity index (χ2v) is 10.0. The molecule has 0 bridgehead atoms. The second-order valence-electron chi connectivity index (χ2n) is 7.19. The van der Waals surface area contributed by atoms with Crippen molar-refractivity contribution in [2.24, 2.45) is 4.99 Å². The maximum atomic E-state index is 13.6. The number of ether oxygens (including phenoxy) is 3. The number of benzene rings is 1. The van der Waals surface area contributed by atoms with E-state index in [1.807, 2.05) is 6.07 Å². The molecule has 1 atom stereocenters. The predicted molar refractivity (Wildman–Crippen MR) is 132 cm³/mol. The van der Waals surface area contributed by atoms with Crippen LogP contribution in [-0.2, 0) is 9.53 Å². The Labute approximate surface area is 213 Å². The molecule has 2 aliphatic rings. The third-order valence-electron chi connectivity index (χ3n) is 5.17. The summed E-state index contributed by atoms with van der Waals surface area (Å²) in [5.41, 5.74) is 1.22. The summed E-state index contributed by atoms with van der Waals surface area (Å²) >= 11 is 6.72. The van der Waals surface area contributed by atoms with Gasteiger partial charge in [0.25, 0.3) is 5.56 Å².